The number of nitrogens with one attached hydrogen (secondary N) is 2. The lowest BCUT2D eigenvalue weighted by atomic mass is 10.1. The molecule has 2 N–H and O–H groups in total. The van der Waals surface area contributed by atoms with Crippen LogP contribution in [0.2, 0.25) is 5.02 Å². The number of carbonyl (C=O) groups excluding carboxylic acids is 2. The molecule has 2 saturated heterocycles. The fourth-order valence-electron chi connectivity index (χ4n) is 3.86. The van der Waals surface area contributed by atoms with E-state index in [1.54, 1.807) is 4.90 Å². The van der Waals surface area contributed by atoms with Crippen LogP contribution in [0.4, 0.5) is 10.5 Å². The van der Waals surface area contributed by atoms with E-state index in [9.17, 15) is 9.59 Å². The van der Waals surface area contributed by atoms with Crippen molar-refractivity contribution >= 4 is 29.3 Å². The molecule has 0 atom stereocenters. The number of ether oxygens (including phenoxy) is 1. The van der Waals surface area contributed by atoms with E-state index in [0.717, 1.165) is 49.7 Å². The second-order valence-corrected chi connectivity index (χ2v) is 7.86. The molecule has 2 aliphatic heterocycles. The van der Waals surface area contributed by atoms with Crippen LogP contribution in [0, 0.1) is 0 Å². The van der Waals surface area contributed by atoms with Gasteiger partial charge in [-0.1, -0.05) is 17.7 Å². The number of benzene rings is 1. The summed E-state index contributed by atoms with van der Waals surface area (Å²) in [5.74, 6) is 0.0980. The number of hydrogen-bond donors (Lipinski definition) is 2. The highest BCUT2D eigenvalue weighted by Crippen LogP contribution is 2.19. The Morgan fingerprint density at radius 2 is 1.93 bits per heavy atom. The number of quaternary nitrogens is 1. The standard InChI is InChI=1S/C20H29ClN4O3/c1-2-28-20(27)25-8-6-17(7-9-25)22-19(26)15-23-10-12-24(13-11-23)18-5-3-4-16(21)14-18/h3-5,14,17H,2,6-13,15H2,1H3,(H,22,26)/p+1. The number of hydrogen-bond acceptors (Lipinski definition) is 4. The molecule has 1 aromatic rings. The van der Waals surface area contributed by atoms with Gasteiger partial charge in [-0.15, -0.1) is 0 Å². The molecule has 0 spiro atoms. The lowest BCUT2D eigenvalue weighted by Crippen LogP contribution is -3.16. The van der Waals surface area contributed by atoms with E-state index in [0.29, 0.717) is 26.2 Å². The van der Waals surface area contributed by atoms with Gasteiger partial charge in [0.15, 0.2) is 6.54 Å². The number of halogens is 1. The second-order valence-electron chi connectivity index (χ2n) is 7.42. The van der Waals surface area contributed by atoms with E-state index in [1.807, 2.05) is 25.1 Å². The first kappa shape index (κ1) is 20.7. The molecule has 0 radical (unpaired) electrons. The van der Waals surface area contributed by atoms with Crippen LogP contribution in [0.5, 0.6) is 0 Å². The smallest absolute Gasteiger partial charge is 0.409 e. The number of likely N-dealkylation sites (tertiary alicyclic amines) is 1. The average Bonchev–Trinajstić information content (AvgIpc) is 2.69. The molecule has 3 rings (SSSR count). The van der Waals surface area contributed by atoms with E-state index in [4.69, 9.17) is 16.3 Å². The zero-order chi connectivity index (χ0) is 19.9. The highest BCUT2D eigenvalue weighted by Gasteiger charge is 2.27. The quantitative estimate of drug-likeness (QED) is 0.754. The fourth-order valence-corrected chi connectivity index (χ4v) is 4.04. The third-order valence-corrected chi connectivity index (χ3v) is 5.68. The van der Waals surface area contributed by atoms with E-state index in [1.165, 1.54) is 4.90 Å². The first-order valence-corrected chi connectivity index (χ1v) is 10.5. The van der Waals surface area contributed by atoms with Gasteiger partial charge in [0.2, 0.25) is 0 Å². The second kappa shape index (κ2) is 9.98. The zero-order valence-electron chi connectivity index (χ0n) is 16.5. The van der Waals surface area contributed by atoms with Gasteiger partial charge in [0.1, 0.15) is 0 Å². The van der Waals surface area contributed by atoms with Crippen molar-refractivity contribution in [1.29, 1.82) is 0 Å². The molecular weight excluding hydrogens is 380 g/mol. The van der Waals surface area contributed by atoms with Crippen LogP contribution in [0.1, 0.15) is 19.8 Å². The van der Waals surface area contributed by atoms with E-state index >= 15 is 0 Å². The van der Waals surface area contributed by atoms with E-state index in [-0.39, 0.29) is 18.0 Å². The van der Waals surface area contributed by atoms with Gasteiger partial charge in [0.25, 0.3) is 5.91 Å². The summed E-state index contributed by atoms with van der Waals surface area (Å²) >= 11 is 6.08. The Morgan fingerprint density at radius 3 is 2.57 bits per heavy atom. The van der Waals surface area contributed by atoms with Crippen LogP contribution in [-0.2, 0) is 9.53 Å². The van der Waals surface area contributed by atoms with Crippen molar-refractivity contribution < 1.29 is 19.2 Å². The van der Waals surface area contributed by atoms with Gasteiger partial charge in [-0.25, -0.2) is 4.79 Å². The minimum absolute atomic E-state index is 0.0980. The van der Waals surface area contributed by atoms with Crippen LogP contribution in [0.15, 0.2) is 24.3 Å². The van der Waals surface area contributed by atoms with Crippen molar-refractivity contribution in [3.63, 3.8) is 0 Å². The van der Waals surface area contributed by atoms with E-state index < -0.39 is 0 Å². The maximum atomic E-state index is 12.4. The van der Waals surface area contributed by atoms with Crippen molar-refractivity contribution in [1.82, 2.24) is 10.2 Å². The normalized spacial score (nSPS) is 18.8. The number of nitrogens with zero attached hydrogens (tertiary/aromatic N) is 2. The summed E-state index contributed by atoms with van der Waals surface area (Å²) in [6.45, 7) is 7.67. The Kier molecular flexibility index (Phi) is 7.39. The topological polar surface area (TPSA) is 66.3 Å². The molecule has 2 heterocycles. The monoisotopic (exact) mass is 409 g/mol. The van der Waals surface area contributed by atoms with Crippen LogP contribution in [0.25, 0.3) is 0 Å². The lowest BCUT2D eigenvalue weighted by Gasteiger charge is -2.34. The first-order valence-electron chi connectivity index (χ1n) is 10.1. The molecule has 2 aliphatic rings. The van der Waals surface area contributed by atoms with Crippen molar-refractivity contribution in [3.05, 3.63) is 29.3 Å². The fraction of sp³-hybridized carbons (Fsp3) is 0.600. The Hall–Kier alpha value is -1.99. The Bertz CT molecular complexity index is 671. The average molecular weight is 410 g/mol. The summed E-state index contributed by atoms with van der Waals surface area (Å²) in [4.78, 5) is 29.5. The summed E-state index contributed by atoms with van der Waals surface area (Å²) in [5.41, 5.74) is 1.14. The Morgan fingerprint density at radius 1 is 1.21 bits per heavy atom. The molecule has 1 aromatic carbocycles. The highest BCUT2D eigenvalue weighted by atomic mass is 35.5. The maximum Gasteiger partial charge on any atom is 0.409 e. The van der Waals surface area contributed by atoms with E-state index in [2.05, 4.69) is 16.3 Å². The molecule has 8 heteroatoms. The van der Waals surface area contributed by atoms with Crippen LogP contribution >= 0.6 is 11.6 Å². The number of rotatable bonds is 5. The first-order chi connectivity index (χ1) is 13.5. The number of carbonyl (C=O) groups is 2. The number of piperidine rings is 1. The predicted octanol–water partition coefficient (Wildman–Crippen LogP) is 0.782. The molecule has 154 valence electrons. The van der Waals surface area contributed by atoms with Crippen molar-refractivity contribution in [2.75, 3.05) is 57.3 Å². The maximum absolute atomic E-state index is 12.4. The lowest BCUT2D eigenvalue weighted by molar-refractivity contribution is -0.892. The van der Waals surface area contributed by atoms with Crippen LogP contribution in [0.3, 0.4) is 0 Å². The summed E-state index contributed by atoms with van der Waals surface area (Å²) in [5, 5.41) is 3.89. The Balaban J connectivity index is 1.37. The number of anilines is 1. The van der Waals surface area contributed by atoms with Gasteiger partial charge in [0.05, 0.1) is 32.8 Å². The minimum Gasteiger partial charge on any atom is -0.450 e. The number of piperazine rings is 1. The summed E-state index contributed by atoms with van der Waals surface area (Å²) in [7, 11) is 0. The molecule has 28 heavy (non-hydrogen) atoms. The third kappa shape index (κ3) is 5.75. The predicted molar refractivity (Wildman–Crippen MR) is 109 cm³/mol. The molecule has 0 aliphatic carbocycles. The molecule has 0 bridgehead atoms. The van der Waals surface area contributed by atoms with Gasteiger partial charge >= 0.3 is 6.09 Å². The molecule has 0 aromatic heterocycles. The van der Waals surface area contributed by atoms with Crippen LogP contribution < -0.4 is 15.1 Å². The molecule has 0 unspecified atom stereocenters. The van der Waals surface area contributed by atoms with Gasteiger partial charge in [-0.2, -0.15) is 0 Å². The third-order valence-electron chi connectivity index (χ3n) is 5.44. The Labute approximate surface area is 171 Å². The highest BCUT2D eigenvalue weighted by molar-refractivity contribution is 6.30. The molecule has 2 amide bonds. The number of amides is 2. The molecular formula is C20H30ClN4O3+. The molecule has 7 nitrogen and oxygen atoms in total. The summed E-state index contributed by atoms with van der Waals surface area (Å²) < 4.78 is 5.03. The largest absolute Gasteiger partial charge is 0.450 e. The van der Waals surface area contributed by atoms with Gasteiger partial charge in [-0.3, -0.25) is 4.79 Å². The van der Waals surface area contributed by atoms with Gasteiger partial charge in [0, 0.05) is 29.8 Å². The molecule has 0 saturated carbocycles. The summed E-state index contributed by atoms with van der Waals surface area (Å²) in [6, 6.07) is 8.06. The minimum atomic E-state index is -0.255. The van der Waals surface area contributed by atoms with Crippen molar-refractivity contribution in [2.45, 2.75) is 25.8 Å². The SMILES string of the molecule is CCOC(=O)N1CCC(NC(=O)C[NH+]2CCN(c3cccc(Cl)c3)CC2)CC1. The van der Waals surface area contributed by atoms with Crippen LogP contribution in [-0.4, -0.2) is 75.4 Å². The molecule has 2 fully saturated rings. The van der Waals surface area contributed by atoms with Gasteiger partial charge < -0.3 is 24.8 Å². The van der Waals surface area contributed by atoms with Gasteiger partial charge in [-0.05, 0) is 38.0 Å². The summed E-state index contributed by atoms with van der Waals surface area (Å²) in [6.07, 6.45) is 1.31. The van der Waals surface area contributed by atoms with Crippen molar-refractivity contribution in [3.8, 4) is 0 Å². The van der Waals surface area contributed by atoms with Crippen molar-refractivity contribution in [2.24, 2.45) is 0 Å². The zero-order valence-corrected chi connectivity index (χ0v) is 17.2.